The Kier molecular flexibility index (Phi) is 15.9. The number of hydrogen-bond acceptors (Lipinski definition) is 2. The molecular formula is C17H38N2. The Hall–Kier alpha value is -0.0800. The van der Waals surface area contributed by atoms with Gasteiger partial charge in [-0.05, 0) is 46.1 Å². The van der Waals surface area contributed by atoms with E-state index in [0.29, 0.717) is 0 Å². The largest absolute Gasteiger partial charge is 0.320 e. The lowest BCUT2D eigenvalue weighted by Gasteiger charge is -2.17. The molecule has 0 atom stereocenters. The van der Waals surface area contributed by atoms with Crippen LogP contribution in [-0.4, -0.2) is 38.1 Å². The molecule has 0 spiro atoms. The fraction of sp³-hybridized carbons (Fsp3) is 1.00. The molecule has 19 heavy (non-hydrogen) atoms. The number of nitrogens with zero attached hydrogens (tertiary/aromatic N) is 1. The predicted octanol–water partition coefficient (Wildman–Crippen LogP) is 4.45. The van der Waals surface area contributed by atoms with Crippen molar-refractivity contribution in [3.8, 4) is 0 Å². The SMILES string of the molecule is CCN(CC)CCCCCCCCCCCCNC. The van der Waals surface area contributed by atoms with Gasteiger partial charge in [-0.3, -0.25) is 0 Å². The van der Waals surface area contributed by atoms with Gasteiger partial charge in [-0.2, -0.15) is 0 Å². The molecule has 0 unspecified atom stereocenters. The summed E-state index contributed by atoms with van der Waals surface area (Å²) in [5.41, 5.74) is 0. The number of hydrogen-bond donors (Lipinski definition) is 1. The van der Waals surface area contributed by atoms with Crippen LogP contribution in [0.2, 0.25) is 0 Å². The van der Waals surface area contributed by atoms with E-state index in [-0.39, 0.29) is 0 Å². The summed E-state index contributed by atoms with van der Waals surface area (Å²) in [6.07, 6.45) is 14.3. The fourth-order valence-corrected chi connectivity index (χ4v) is 2.59. The van der Waals surface area contributed by atoms with Gasteiger partial charge in [-0.25, -0.2) is 0 Å². The lowest BCUT2D eigenvalue weighted by atomic mass is 10.1. The average molecular weight is 271 g/mol. The quantitative estimate of drug-likeness (QED) is 0.442. The van der Waals surface area contributed by atoms with Crippen LogP contribution in [0.25, 0.3) is 0 Å². The summed E-state index contributed by atoms with van der Waals surface area (Å²) < 4.78 is 0. The first-order valence-corrected chi connectivity index (χ1v) is 8.72. The zero-order valence-electron chi connectivity index (χ0n) is 13.8. The molecule has 0 aliphatic carbocycles. The summed E-state index contributed by atoms with van der Waals surface area (Å²) in [7, 11) is 2.04. The van der Waals surface area contributed by atoms with Crippen molar-refractivity contribution in [2.45, 2.75) is 78.1 Å². The van der Waals surface area contributed by atoms with E-state index in [4.69, 9.17) is 0 Å². The lowest BCUT2D eigenvalue weighted by molar-refractivity contribution is 0.295. The molecule has 0 aliphatic heterocycles. The maximum atomic E-state index is 3.21. The van der Waals surface area contributed by atoms with Gasteiger partial charge in [-0.1, -0.05) is 65.2 Å². The maximum Gasteiger partial charge on any atom is -0.00190 e. The minimum absolute atomic E-state index is 1.19. The minimum atomic E-state index is 1.19. The monoisotopic (exact) mass is 270 g/mol. The van der Waals surface area contributed by atoms with Crippen LogP contribution in [-0.2, 0) is 0 Å². The van der Waals surface area contributed by atoms with Crippen LogP contribution in [0, 0.1) is 0 Å². The number of rotatable bonds is 15. The Labute approximate surface area is 122 Å². The maximum absolute atomic E-state index is 3.21. The lowest BCUT2D eigenvalue weighted by Crippen LogP contribution is -2.23. The van der Waals surface area contributed by atoms with Crippen LogP contribution in [0.3, 0.4) is 0 Å². The zero-order chi connectivity index (χ0) is 14.2. The molecule has 0 aliphatic rings. The van der Waals surface area contributed by atoms with Crippen molar-refractivity contribution in [2.24, 2.45) is 0 Å². The van der Waals surface area contributed by atoms with Crippen molar-refractivity contribution in [2.75, 3.05) is 33.2 Å². The fourth-order valence-electron chi connectivity index (χ4n) is 2.59. The van der Waals surface area contributed by atoms with Crippen LogP contribution in [0.4, 0.5) is 0 Å². The normalized spacial score (nSPS) is 11.4. The molecule has 0 rings (SSSR count). The van der Waals surface area contributed by atoms with Crippen LogP contribution in [0.5, 0.6) is 0 Å². The summed E-state index contributed by atoms with van der Waals surface area (Å²) in [6.45, 7) is 9.44. The third-order valence-corrected chi connectivity index (χ3v) is 4.05. The van der Waals surface area contributed by atoms with Crippen molar-refractivity contribution in [3.05, 3.63) is 0 Å². The van der Waals surface area contributed by atoms with Crippen molar-refractivity contribution < 1.29 is 0 Å². The van der Waals surface area contributed by atoms with E-state index in [9.17, 15) is 0 Å². The van der Waals surface area contributed by atoms with Gasteiger partial charge in [0, 0.05) is 0 Å². The third kappa shape index (κ3) is 14.1. The van der Waals surface area contributed by atoms with Crippen LogP contribution >= 0.6 is 0 Å². The van der Waals surface area contributed by atoms with Gasteiger partial charge in [-0.15, -0.1) is 0 Å². The molecule has 0 aromatic carbocycles. The minimum Gasteiger partial charge on any atom is -0.320 e. The standard InChI is InChI=1S/C17H38N2/c1-4-19(5-2)17-15-13-11-9-7-6-8-10-12-14-16-18-3/h18H,4-17H2,1-3H3. The van der Waals surface area contributed by atoms with E-state index >= 15 is 0 Å². The molecule has 0 saturated carbocycles. The molecular weight excluding hydrogens is 232 g/mol. The van der Waals surface area contributed by atoms with E-state index in [1.165, 1.54) is 90.4 Å². The highest BCUT2D eigenvalue weighted by Crippen LogP contribution is 2.10. The van der Waals surface area contributed by atoms with Gasteiger partial charge < -0.3 is 10.2 Å². The Balaban J connectivity index is 3.02. The molecule has 0 fully saturated rings. The van der Waals surface area contributed by atoms with E-state index < -0.39 is 0 Å². The van der Waals surface area contributed by atoms with E-state index in [1.807, 2.05) is 7.05 Å². The van der Waals surface area contributed by atoms with Crippen LogP contribution in [0.1, 0.15) is 78.1 Å². The van der Waals surface area contributed by atoms with Crippen LogP contribution in [0.15, 0.2) is 0 Å². The van der Waals surface area contributed by atoms with Gasteiger partial charge in [0.1, 0.15) is 0 Å². The first-order chi connectivity index (χ1) is 9.35. The van der Waals surface area contributed by atoms with Crippen molar-refractivity contribution in [3.63, 3.8) is 0 Å². The first-order valence-electron chi connectivity index (χ1n) is 8.72. The summed E-state index contributed by atoms with van der Waals surface area (Å²) in [5.74, 6) is 0. The number of unbranched alkanes of at least 4 members (excludes halogenated alkanes) is 9. The molecule has 2 nitrogen and oxygen atoms in total. The molecule has 0 bridgehead atoms. The Morgan fingerprint density at radius 1 is 0.632 bits per heavy atom. The Bertz CT molecular complexity index is 155. The predicted molar refractivity (Wildman–Crippen MR) is 87.9 cm³/mol. The highest BCUT2D eigenvalue weighted by molar-refractivity contribution is 4.53. The highest BCUT2D eigenvalue weighted by atomic mass is 15.1. The molecule has 0 amide bonds. The second-order valence-corrected chi connectivity index (χ2v) is 5.67. The Morgan fingerprint density at radius 2 is 1.05 bits per heavy atom. The van der Waals surface area contributed by atoms with E-state index in [1.54, 1.807) is 0 Å². The molecule has 2 heteroatoms. The summed E-state index contributed by atoms with van der Waals surface area (Å²) >= 11 is 0. The molecule has 0 aromatic heterocycles. The molecule has 0 radical (unpaired) electrons. The smallest absolute Gasteiger partial charge is 0.00190 e. The second-order valence-electron chi connectivity index (χ2n) is 5.67. The van der Waals surface area contributed by atoms with Gasteiger partial charge in [0.15, 0.2) is 0 Å². The van der Waals surface area contributed by atoms with Gasteiger partial charge >= 0.3 is 0 Å². The molecule has 0 aromatic rings. The van der Waals surface area contributed by atoms with Crippen molar-refractivity contribution in [1.82, 2.24) is 10.2 Å². The molecule has 1 N–H and O–H groups in total. The molecule has 116 valence electrons. The van der Waals surface area contributed by atoms with E-state index in [2.05, 4.69) is 24.1 Å². The topological polar surface area (TPSA) is 15.3 Å². The van der Waals surface area contributed by atoms with Gasteiger partial charge in [0.05, 0.1) is 0 Å². The average Bonchev–Trinajstić information content (AvgIpc) is 2.44. The number of nitrogens with one attached hydrogen (secondary N) is 1. The molecule has 0 saturated heterocycles. The Morgan fingerprint density at radius 3 is 1.47 bits per heavy atom. The van der Waals surface area contributed by atoms with Crippen LogP contribution < -0.4 is 5.32 Å². The van der Waals surface area contributed by atoms with E-state index in [0.717, 1.165) is 0 Å². The summed E-state index contributed by atoms with van der Waals surface area (Å²) in [5, 5.41) is 3.21. The van der Waals surface area contributed by atoms with Crippen molar-refractivity contribution in [1.29, 1.82) is 0 Å². The van der Waals surface area contributed by atoms with Gasteiger partial charge in [0.2, 0.25) is 0 Å². The third-order valence-electron chi connectivity index (χ3n) is 4.05. The van der Waals surface area contributed by atoms with Crippen molar-refractivity contribution >= 4 is 0 Å². The summed E-state index contributed by atoms with van der Waals surface area (Å²) in [6, 6.07) is 0. The molecule has 0 heterocycles. The van der Waals surface area contributed by atoms with Gasteiger partial charge in [0.25, 0.3) is 0 Å². The second kappa shape index (κ2) is 16.0. The summed E-state index contributed by atoms with van der Waals surface area (Å²) in [4.78, 5) is 2.53. The zero-order valence-corrected chi connectivity index (χ0v) is 13.8. The first kappa shape index (κ1) is 18.9. The highest BCUT2D eigenvalue weighted by Gasteiger charge is 1.98.